The minimum absolute atomic E-state index is 1.08. The van der Waals surface area contributed by atoms with Crippen molar-refractivity contribution in [3.63, 3.8) is 0 Å². The number of aryl methyl sites for hydroxylation is 2. The first-order chi connectivity index (χ1) is 26.7. The molecule has 0 amide bonds. The van der Waals surface area contributed by atoms with Gasteiger partial charge in [0.1, 0.15) is 0 Å². The third-order valence-corrected chi connectivity index (χ3v) is 10.5. The van der Waals surface area contributed by atoms with E-state index >= 15 is 0 Å². The topological polar surface area (TPSA) is 3.24 Å². The Morgan fingerprint density at radius 1 is 0.370 bits per heavy atom. The zero-order chi connectivity index (χ0) is 37.0. The smallest absolute Gasteiger partial charge is 0.0540 e. The first-order valence-electron chi connectivity index (χ1n) is 19.2. The third-order valence-electron chi connectivity index (χ3n) is 10.5. The molecule has 0 N–H and O–H groups in total. The standard InChI is InChI=1S/C29H23N.C22H16.C2H6/c1-22-14-18-26(19-15-22)30(29-13-7-11-25-10-5-6-12-28(25)29)27-20-16-24(17-21-27)23-8-3-2-4-9-23;1-2-14-12-13-20-18-10-4-7-15-6-3-9-17(21(15)18)19-11-5-8-16(14)22(19)20;1-2/h2-21H,1H3;3-13H,2H2,1H3;1-2H3. The van der Waals surface area contributed by atoms with E-state index in [2.05, 4.69) is 207 Å². The highest BCUT2D eigenvalue weighted by atomic mass is 15.1. The van der Waals surface area contributed by atoms with Gasteiger partial charge in [-0.1, -0.05) is 184 Å². The lowest BCUT2D eigenvalue weighted by molar-refractivity contribution is 1.16. The lowest BCUT2D eigenvalue weighted by atomic mass is 9.88. The maximum Gasteiger partial charge on any atom is 0.0540 e. The van der Waals surface area contributed by atoms with E-state index in [0.717, 1.165) is 17.8 Å². The summed E-state index contributed by atoms with van der Waals surface area (Å²) in [5.41, 5.74) is 8.64. The molecule has 54 heavy (non-hydrogen) atoms. The fourth-order valence-electron chi connectivity index (χ4n) is 7.97. The lowest BCUT2D eigenvalue weighted by Gasteiger charge is -2.27. The van der Waals surface area contributed by atoms with Crippen LogP contribution in [0.4, 0.5) is 17.1 Å². The van der Waals surface area contributed by atoms with Gasteiger partial charge in [0.05, 0.1) is 5.69 Å². The summed E-state index contributed by atoms with van der Waals surface area (Å²) in [7, 11) is 0. The van der Waals surface area contributed by atoms with Crippen molar-refractivity contribution in [3.8, 4) is 11.1 Å². The third kappa shape index (κ3) is 6.33. The largest absolute Gasteiger partial charge is 0.310 e. The Morgan fingerprint density at radius 2 is 0.852 bits per heavy atom. The zero-order valence-electron chi connectivity index (χ0n) is 31.6. The molecule has 10 aromatic rings. The molecule has 0 atom stereocenters. The van der Waals surface area contributed by atoms with E-state index in [1.165, 1.54) is 81.8 Å². The quantitative estimate of drug-likeness (QED) is 0.128. The van der Waals surface area contributed by atoms with Crippen LogP contribution in [0.15, 0.2) is 188 Å². The summed E-state index contributed by atoms with van der Waals surface area (Å²) in [5.74, 6) is 0. The van der Waals surface area contributed by atoms with Gasteiger partial charge in [0.15, 0.2) is 0 Å². The van der Waals surface area contributed by atoms with E-state index in [1.807, 2.05) is 13.8 Å². The second-order valence-electron chi connectivity index (χ2n) is 13.6. The molecule has 0 saturated heterocycles. The normalized spacial score (nSPS) is 11.0. The SMILES string of the molecule is CC.CCc1ccc2c3cccc4cccc(c5cccc1c52)c43.Cc1ccc(N(c2ccc(-c3ccccc3)cc2)c2cccc3ccccc23)cc1. The first kappa shape index (κ1) is 34.6. The zero-order valence-corrected chi connectivity index (χ0v) is 31.6. The molecule has 0 unspecified atom stereocenters. The lowest BCUT2D eigenvalue weighted by Crippen LogP contribution is -2.10. The number of anilines is 3. The second-order valence-corrected chi connectivity index (χ2v) is 13.6. The van der Waals surface area contributed by atoms with E-state index in [9.17, 15) is 0 Å². The monoisotopic (exact) mass is 695 g/mol. The van der Waals surface area contributed by atoms with Gasteiger partial charge in [0.25, 0.3) is 0 Å². The van der Waals surface area contributed by atoms with Gasteiger partial charge in [0, 0.05) is 16.8 Å². The van der Waals surface area contributed by atoms with Crippen molar-refractivity contribution in [1.82, 2.24) is 0 Å². The van der Waals surface area contributed by atoms with E-state index in [1.54, 1.807) is 0 Å². The molecule has 0 radical (unpaired) electrons. The number of hydrogen-bond donors (Lipinski definition) is 0. The van der Waals surface area contributed by atoms with Crippen molar-refractivity contribution in [2.75, 3.05) is 4.90 Å². The van der Waals surface area contributed by atoms with Gasteiger partial charge in [-0.2, -0.15) is 0 Å². The molecule has 0 aliphatic heterocycles. The van der Waals surface area contributed by atoms with Gasteiger partial charge in [-0.15, -0.1) is 0 Å². The molecule has 0 aliphatic carbocycles. The molecule has 1 heteroatoms. The summed E-state index contributed by atoms with van der Waals surface area (Å²) < 4.78 is 0. The van der Waals surface area contributed by atoms with Gasteiger partial charge in [0.2, 0.25) is 0 Å². The Kier molecular flexibility index (Phi) is 9.79. The molecule has 0 spiro atoms. The van der Waals surface area contributed by atoms with Crippen molar-refractivity contribution in [2.24, 2.45) is 0 Å². The average molecular weight is 696 g/mol. The molecule has 10 rings (SSSR count). The highest BCUT2D eigenvalue weighted by Gasteiger charge is 2.16. The number of benzene rings is 10. The minimum atomic E-state index is 1.08. The summed E-state index contributed by atoms with van der Waals surface area (Å²) in [6, 6.07) is 67.9. The van der Waals surface area contributed by atoms with Crippen LogP contribution in [-0.4, -0.2) is 0 Å². The van der Waals surface area contributed by atoms with Gasteiger partial charge in [-0.05, 0) is 109 Å². The number of nitrogens with zero attached hydrogens (tertiary/aromatic N) is 1. The maximum absolute atomic E-state index is 2.34. The summed E-state index contributed by atoms with van der Waals surface area (Å²) >= 11 is 0. The van der Waals surface area contributed by atoms with E-state index in [4.69, 9.17) is 0 Å². The Bertz CT molecular complexity index is 2760. The number of rotatable bonds is 5. The van der Waals surface area contributed by atoms with Crippen LogP contribution in [0.2, 0.25) is 0 Å². The van der Waals surface area contributed by atoms with Crippen molar-refractivity contribution in [3.05, 3.63) is 199 Å². The summed E-state index contributed by atoms with van der Waals surface area (Å²) in [6.07, 6.45) is 1.08. The highest BCUT2D eigenvalue weighted by molar-refractivity contribution is 6.33. The summed E-state index contributed by atoms with van der Waals surface area (Å²) in [6.45, 7) is 8.36. The van der Waals surface area contributed by atoms with Gasteiger partial charge < -0.3 is 4.90 Å². The second kappa shape index (κ2) is 15.3. The van der Waals surface area contributed by atoms with Crippen LogP contribution in [-0.2, 0) is 6.42 Å². The van der Waals surface area contributed by atoms with Crippen molar-refractivity contribution in [2.45, 2.75) is 34.1 Å². The Balaban J connectivity index is 0.000000152. The number of fused-ring (bicyclic) bond motifs is 3. The van der Waals surface area contributed by atoms with Crippen LogP contribution >= 0.6 is 0 Å². The van der Waals surface area contributed by atoms with Gasteiger partial charge >= 0.3 is 0 Å². The number of hydrogen-bond acceptors (Lipinski definition) is 1. The van der Waals surface area contributed by atoms with Crippen LogP contribution in [0.25, 0.3) is 65.0 Å². The first-order valence-corrected chi connectivity index (χ1v) is 19.2. The van der Waals surface area contributed by atoms with E-state index in [-0.39, 0.29) is 0 Å². The highest BCUT2D eigenvalue weighted by Crippen LogP contribution is 2.42. The molecular formula is C53H45N. The van der Waals surface area contributed by atoms with Gasteiger partial charge in [-0.3, -0.25) is 0 Å². The van der Waals surface area contributed by atoms with Crippen LogP contribution in [0.1, 0.15) is 31.9 Å². The summed E-state index contributed by atoms with van der Waals surface area (Å²) in [4.78, 5) is 2.34. The fraction of sp³-hybridized carbons (Fsp3) is 0.0943. The Hall–Kier alpha value is -6.44. The average Bonchev–Trinajstić information content (AvgIpc) is 3.25. The Morgan fingerprint density at radius 3 is 1.54 bits per heavy atom. The molecule has 1 nitrogen and oxygen atoms in total. The van der Waals surface area contributed by atoms with Crippen LogP contribution in [0, 0.1) is 6.92 Å². The minimum Gasteiger partial charge on any atom is -0.310 e. The fourth-order valence-corrected chi connectivity index (χ4v) is 7.97. The molecular weight excluding hydrogens is 651 g/mol. The molecule has 10 aromatic carbocycles. The molecule has 0 fully saturated rings. The van der Waals surface area contributed by atoms with Crippen LogP contribution < -0.4 is 4.90 Å². The summed E-state index contributed by atoms with van der Waals surface area (Å²) in [5, 5.41) is 13.6. The van der Waals surface area contributed by atoms with E-state index in [0.29, 0.717) is 0 Å². The van der Waals surface area contributed by atoms with Crippen LogP contribution in [0.5, 0.6) is 0 Å². The van der Waals surface area contributed by atoms with Crippen molar-refractivity contribution in [1.29, 1.82) is 0 Å². The van der Waals surface area contributed by atoms with Crippen molar-refractivity contribution < 1.29 is 0 Å². The van der Waals surface area contributed by atoms with Crippen LogP contribution in [0.3, 0.4) is 0 Å². The van der Waals surface area contributed by atoms with E-state index < -0.39 is 0 Å². The molecule has 0 aliphatic rings. The van der Waals surface area contributed by atoms with Gasteiger partial charge in [-0.25, -0.2) is 0 Å². The molecule has 0 saturated carbocycles. The van der Waals surface area contributed by atoms with Crippen molar-refractivity contribution >= 4 is 70.9 Å². The molecule has 0 heterocycles. The Labute approximate surface area is 319 Å². The predicted molar refractivity (Wildman–Crippen MR) is 237 cm³/mol. The molecule has 262 valence electrons. The molecule has 0 bridgehead atoms. The maximum atomic E-state index is 2.34. The molecule has 0 aromatic heterocycles. The predicted octanol–water partition coefficient (Wildman–Crippen LogP) is 15.6.